The molecule has 0 heterocycles. The van der Waals surface area contributed by atoms with Crippen LogP contribution in [0.2, 0.25) is 0 Å². The third kappa shape index (κ3) is 3.33. The van der Waals surface area contributed by atoms with E-state index >= 15 is 0 Å². The Morgan fingerprint density at radius 3 is 2.57 bits per heavy atom. The molecule has 0 saturated heterocycles. The van der Waals surface area contributed by atoms with Gasteiger partial charge in [-0.2, -0.15) is 5.26 Å². The summed E-state index contributed by atoms with van der Waals surface area (Å²) in [5.74, 6) is 0.625. The van der Waals surface area contributed by atoms with Crippen LogP contribution in [0.25, 0.3) is 0 Å². The Morgan fingerprint density at radius 1 is 1.19 bits per heavy atom. The molecule has 0 unspecified atom stereocenters. The van der Waals surface area contributed by atoms with E-state index in [1.54, 1.807) is 31.2 Å². The number of nitrogens with one attached hydrogen (secondary N) is 1. The maximum Gasteiger partial charge on any atom is 0.261 e. The Kier molecular flexibility index (Phi) is 4.15. The van der Waals surface area contributed by atoms with Crippen molar-refractivity contribution in [3.63, 3.8) is 0 Å². The fourth-order valence-electron chi connectivity index (χ4n) is 1.88. The van der Waals surface area contributed by atoms with E-state index in [1.807, 2.05) is 6.07 Å². The smallest absolute Gasteiger partial charge is 0.261 e. The second kappa shape index (κ2) is 5.85. The van der Waals surface area contributed by atoms with Crippen LogP contribution in [0.15, 0.2) is 47.4 Å². The number of benzene rings is 2. The normalized spacial score (nSPS) is 10.7. The van der Waals surface area contributed by atoms with E-state index in [4.69, 9.17) is 10.00 Å². The quantitative estimate of drug-likeness (QED) is 0.941. The van der Waals surface area contributed by atoms with E-state index in [-0.39, 0.29) is 4.90 Å². The number of sulfonamides is 1. The first kappa shape index (κ1) is 14.9. The zero-order valence-corrected chi connectivity index (χ0v) is 12.4. The van der Waals surface area contributed by atoms with Crippen LogP contribution in [-0.2, 0) is 10.0 Å². The Bertz CT molecular complexity index is 808. The summed E-state index contributed by atoms with van der Waals surface area (Å²) < 4.78 is 32.2. The van der Waals surface area contributed by atoms with Gasteiger partial charge in [-0.15, -0.1) is 0 Å². The fourth-order valence-corrected chi connectivity index (χ4v) is 3.02. The summed E-state index contributed by atoms with van der Waals surface area (Å²) in [4.78, 5) is 0.142. The van der Waals surface area contributed by atoms with Crippen LogP contribution >= 0.6 is 0 Å². The van der Waals surface area contributed by atoms with Gasteiger partial charge in [-0.3, -0.25) is 4.72 Å². The number of ether oxygens (including phenoxy) is 1. The van der Waals surface area contributed by atoms with E-state index in [9.17, 15) is 8.42 Å². The molecule has 0 aliphatic heterocycles. The first-order chi connectivity index (χ1) is 9.96. The monoisotopic (exact) mass is 302 g/mol. The van der Waals surface area contributed by atoms with Gasteiger partial charge in [0.25, 0.3) is 10.0 Å². The highest BCUT2D eigenvalue weighted by Gasteiger charge is 2.15. The standard InChI is InChI=1S/C15H14N2O3S/c1-11-8-14(6-7-15(11)20-2)21(18,19)17-13-5-3-4-12(9-13)10-16/h3-9,17H,1-2H3. The van der Waals surface area contributed by atoms with Crippen LogP contribution in [0.5, 0.6) is 5.75 Å². The molecule has 0 spiro atoms. The number of nitrogens with zero attached hydrogens (tertiary/aromatic N) is 1. The van der Waals surface area contributed by atoms with Gasteiger partial charge >= 0.3 is 0 Å². The molecule has 5 nitrogen and oxygen atoms in total. The minimum atomic E-state index is -3.70. The van der Waals surface area contributed by atoms with Gasteiger partial charge < -0.3 is 4.74 Å². The van der Waals surface area contributed by atoms with Crippen molar-refractivity contribution in [2.75, 3.05) is 11.8 Å². The zero-order valence-electron chi connectivity index (χ0n) is 11.6. The van der Waals surface area contributed by atoms with Crippen LogP contribution in [0, 0.1) is 18.3 Å². The van der Waals surface area contributed by atoms with Crippen molar-refractivity contribution in [1.82, 2.24) is 0 Å². The third-order valence-corrected chi connectivity index (χ3v) is 4.30. The van der Waals surface area contributed by atoms with E-state index in [2.05, 4.69) is 4.72 Å². The van der Waals surface area contributed by atoms with Crippen molar-refractivity contribution in [1.29, 1.82) is 5.26 Å². The molecule has 2 aromatic rings. The van der Waals surface area contributed by atoms with E-state index in [0.29, 0.717) is 17.0 Å². The highest BCUT2D eigenvalue weighted by atomic mass is 32.2. The summed E-state index contributed by atoms with van der Waals surface area (Å²) in [5, 5.41) is 8.83. The number of methoxy groups -OCH3 is 1. The Morgan fingerprint density at radius 2 is 1.95 bits per heavy atom. The number of rotatable bonds is 4. The topological polar surface area (TPSA) is 79.2 Å². The average molecular weight is 302 g/mol. The molecule has 0 fully saturated rings. The molecule has 0 aromatic heterocycles. The van der Waals surface area contributed by atoms with Crippen LogP contribution in [0.1, 0.15) is 11.1 Å². The lowest BCUT2D eigenvalue weighted by atomic mass is 10.2. The first-order valence-corrected chi connectivity index (χ1v) is 7.62. The Labute approximate surface area is 123 Å². The molecular weight excluding hydrogens is 288 g/mol. The lowest BCUT2D eigenvalue weighted by molar-refractivity contribution is 0.411. The molecule has 2 rings (SSSR count). The molecule has 0 amide bonds. The van der Waals surface area contributed by atoms with Crippen molar-refractivity contribution in [2.24, 2.45) is 0 Å². The molecule has 6 heteroatoms. The van der Waals surface area contributed by atoms with Crippen LogP contribution in [0.3, 0.4) is 0 Å². The molecule has 1 N–H and O–H groups in total. The number of nitriles is 1. The van der Waals surface area contributed by atoms with E-state index in [0.717, 1.165) is 5.56 Å². The third-order valence-electron chi connectivity index (χ3n) is 2.92. The largest absolute Gasteiger partial charge is 0.496 e. The molecule has 2 aromatic carbocycles. The van der Waals surface area contributed by atoms with Crippen molar-refractivity contribution in [3.8, 4) is 11.8 Å². The van der Waals surface area contributed by atoms with Crippen LogP contribution in [-0.4, -0.2) is 15.5 Å². The van der Waals surface area contributed by atoms with Crippen LogP contribution in [0.4, 0.5) is 5.69 Å². The molecule has 21 heavy (non-hydrogen) atoms. The second-order valence-electron chi connectivity index (χ2n) is 4.43. The summed E-state index contributed by atoms with van der Waals surface area (Å²) in [6.45, 7) is 1.77. The predicted octanol–water partition coefficient (Wildman–Crippen LogP) is 2.68. The number of anilines is 1. The van der Waals surface area contributed by atoms with Crippen molar-refractivity contribution in [3.05, 3.63) is 53.6 Å². The summed E-state index contributed by atoms with van der Waals surface area (Å²) in [5.41, 5.74) is 1.47. The van der Waals surface area contributed by atoms with Crippen molar-refractivity contribution >= 4 is 15.7 Å². The van der Waals surface area contributed by atoms with E-state index < -0.39 is 10.0 Å². The fraction of sp³-hybridized carbons (Fsp3) is 0.133. The lowest BCUT2D eigenvalue weighted by Gasteiger charge is -2.10. The lowest BCUT2D eigenvalue weighted by Crippen LogP contribution is -2.13. The molecule has 108 valence electrons. The molecule has 0 aliphatic rings. The molecule has 0 atom stereocenters. The predicted molar refractivity (Wildman–Crippen MR) is 79.7 cm³/mol. The summed E-state index contributed by atoms with van der Waals surface area (Å²) in [6.07, 6.45) is 0. The molecule has 0 aliphatic carbocycles. The zero-order chi connectivity index (χ0) is 15.5. The molecule has 0 saturated carbocycles. The molecule has 0 radical (unpaired) electrons. The van der Waals surface area contributed by atoms with Gasteiger partial charge in [0.1, 0.15) is 5.75 Å². The highest BCUT2D eigenvalue weighted by molar-refractivity contribution is 7.92. The van der Waals surface area contributed by atoms with Crippen molar-refractivity contribution in [2.45, 2.75) is 11.8 Å². The van der Waals surface area contributed by atoms with Gasteiger partial charge in [-0.1, -0.05) is 6.07 Å². The van der Waals surface area contributed by atoms with Crippen LogP contribution < -0.4 is 9.46 Å². The Balaban J connectivity index is 2.34. The van der Waals surface area contributed by atoms with Gasteiger partial charge in [-0.05, 0) is 48.9 Å². The maximum atomic E-state index is 12.3. The summed E-state index contributed by atoms with van der Waals surface area (Å²) >= 11 is 0. The number of hydrogen-bond acceptors (Lipinski definition) is 4. The maximum absolute atomic E-state index is 12.3. The van der Waals surface area contributed by atoms with Gasteiger partial charge in [0.15, 0.2) is 0 Å². The minimum absolute atomic E-state index is 0.142. The second-order valence-corrected chi connectivity index (χ2v) is 6.11. The van der Waals surface area contributed by atoms with Gasteiger partial charge in [-0.25, -0.2) is 8.42 Å². The SMILES string of the molecule is COc1ccc(S(=O)(=O)Nc2cccc(C#N)c2)cc1C. The van der Waals surface area contributed by atoms with Crippen molar-refractivity contribution < 1.29 is 13.2 Å². The van der Waals surface area contributed by atoms with Gasteiger partial charge in [0, 0.05) is 0 Å². The molecular formula is C15H14N2O3S. The highest BCUT2D eigenvalue weighted by Crippen LogP contribution is 2.23. The summed E-state index contributed by atoms with van der Waals surface area (Å²) in [6, 6.07) is 12.9. The van der Waals surface area contributed by atoms with Gasteiger partial charge in [0.05, 0.1) is 29.3 Å². The number of aryl methyl sites for hydroxylation is 1. The molecule has 0 bridgehead atoms. The first-order valence-electron chi connectivity index (χ1n) is 6.14. The van der Waals surface area contributed by atoms with E-state index in [1.165, 1.54) is 25.3 Å². The summed E-state index contributed by atoms with van der Waals surface area (Å²) in [7, 11) is -2.17. The minimum Gasteiger partial charge on any atom is -0.496 e. The average Bonchev–Trinajstić information content (AvgIpc) is 2.47. The number of hydrogen-bond donors (Lipinski definition) is 1. The Hall–Kier alpha value is -2.52. The van der Waals surface area contributed by atoms with Gasteiger partial charge in [0.2, 0.25) is 0 Å².